The second kappa shape index (κ2) is 4.30. The van der Waals surface area contributed by atoms with Crippen LogP contribution < -0.4 is 0 Å². The van der Waals surface area contributed by atoms with Crippen LogP contribution in [0.3, 0.4) is 0 Å². The van der Waals surface area contributed by atoms with Gasteiger partial charge in [-0.15, -0.1) is 0 Å². The zero-order valence-electron chi connectivity index (χ0n) is 7.44. The number of ether oxygens (including phenoxy) is 1. The van der Waals surface area contributed by atoms with Gasteiger partial charge in [-0.3, -0.25) is 0 Å². The number of esters is 1. The van der Waals surface area contributed by atoms with Crippen LogP contribution in [0.15, 0.2) is 12.2 Å². The molecular weight excluding hydrogens is 185 g/mol. The monoisotopic (exact) mass is 196 g/mol. The molecule has 1 atom stereocenters. The SMILES string of the molecule is C=C(C)C(=O)OC(CC)C(F)(F)F. The van der Waals surface area contributed by atoms with E-state index in [0.717, 1.165) is 0 Å². The molecule has 0 aliphatic heterocycles. The Hall–Kier alpha value is -1.00. The van der Waals surface area contributed by atoms with Gasteiger partial charge in [0.2, 0.25) is 0 Å². The Morgan fingerprint density at radius 2 is 2.00 bits per heavy atom. The fourth-order valence-corrected chi connectivity index (χ4v) is 0.611. The highest BCUT2D eigenvalue weighted by Crippen LogP contribution is 2.25. The zero-order valence-corrected chi connectivity index (χ0v) is 7.44. The minimum atomic E-state index is -4.50. The van der Waals surface area contributed by atoms with E-state index in [-0.39, 0.29) is 12.0 Å². The number of halogens is 3. The lowest BCUT2D eigenvalue weighted by Gasteiger charge is -2.18. The number of carbonyl (C=O) groups is 1. The third kappa shape index (κ3) is 3.96. The minimum Gasteiger partial charge on any atom is -0.449 e. The van der Waals surface area contributed by atoms with E-state index in [1.807, 2.05) is 0 Å². The molecule has 0 aliphatic rings. The number of hydrogen-bond acceptors (Lipinski definition) is 2. The van der Waals surface area contributed by atoms with Crippen molar-refractivity contribution in [2.75, 3.05) is 0 Å². The van der Waals surface area contributed by atoms with E-state index in [1.165, 1.54) is 13.8 Å². The molecule has 1 unspecified atom stereocenters. The molecular formula is C8H11F3O2. The van der Waals surface area contributed by atoms with Crippen LogP contribution in [0.25, 0.3) is 0 Å². The summed E-state index contributed by atoms with van der Waals surface area (Å²) < 4.78 is 40.3. The lowest BCUT2D eigenvalue weighted by Crippen LogP contribution is -2.33. The van der Waals surface area contributed by atoms with Crippen LogP contribution in [0, 0.1) is 0 Å². The summed E-state index contributed by atoms with van der Waals surface area (Å²) in [5.74, 6) is -1.01. The van der Waals surface area contributed by atoms with Crippen molar-refractivity contribution in [3.8, 4) is 0 Å². The van der Waals surface area contributed by atoms with Crippen LogP contribution in [0.5, 0.6) is 0 Å². The second-order valence-electron chi connectivity index (χ2n) is 2.62. The summed E-state index contributed by atoms with van der Waals surface area (Å²) >= 11 is 0. The predicted octanol–water partition coefficient (Wildman–Crippen LogP) is 2.45. The Morgan fingerprint density at radius 1 is 1.54 bits per heavy atom. The molecule has 0 bridgehead atoms. The second-order valence-corrected chi connectivity index (χ2v) is 2.62. The Balaban J connectivity index is 4.31. The highest BCUT2D eigenvalue weighted by atomic mass is 19.4. The van der Waals surface area contributed by atoms with Crippen molar-refractivity contribution < 1.29 is 22.7 Å². The Morgan fingerprint density at radius 3 is 2.23 bits per heavy atom. The van der Waals surface area contributed by atoms with Crippen molar-refractivity contribution in [1.82, 2.24) is 0 Å². The maximum Gasteiger partial charge on any atom is 0.425 e. The predicted molar refractivity (Wildman–Crippen MR) is 41.0 cm³/mol. The standard InChI is InChI=1S/C8H11F3O2/c1-4-6(8(9,10)11)13-7(12)5(2)3/h6H,2,4H2,1,3H3. The third-order valence-corrected chi connectivity index (χ3v) is 1.33. The molecule has 0 amide bonds. The fourth-order valence-electron chi connectivity index (χ4n) is 0.611. The first-order chi connectivity index (χ1) is 5.79. The van der Waals surface area contributed by atoms with Gasteiger partial charge < -0.3 is 4.74 Å². The minimum absolute atomic E-state index is 0.0392. The van der Waals surface area contributed by atoms with E-state index in [2.05, 4.69) is 11.3 Å². The molecule has 0 aromatic heterocycles. The number of carbonyl (C=O) groups excluding carboxylic acids is 1. The van der Waals surface area contributed by atoms with E-state index in [1.54, 1.807) is 0 Å². The van der Waals surface area contributed by atoms with Gasteiger partial charge in [0.15, 0.2) is 6.10 Å². The first kappa shape index (κ1) is 12.0. The first-order valence-electron chi connectivity index (χ1n) is 3.72. The van der Waals surface area contributed by atoms with E-state index in [4.69, 9.17) is 0 Å². The molecule has 76 valence electrons. The molecule has 0 aromatic rings. The Labute approximate surface area is 74.4 Å². The largest absolute Gasteiger partial charge is 0.449 e. The number of hydrogen-bond donors (Lipinski definition) is 0. The molecule has 0 radical (unpaired) electrons. The van der Waals surface area contributed by atoms with Gasteiger partial charge in [0, 0.05) is 5.57 Å². The summed E-state index contributed by atoms with van der Waals surface area (Å²) in [5.41, 5.74) is -0.0392. The number of alkyl halides is 3. The molecule has 0 rings (SSSR count). The fraction of sp³-hybridized carbons (Fsp3) is 0.625. The normalized spacial score (nSPS) is 13.6. The third-order valence-electron chi connectivity index (χ3n) is 1.33. The van der Waals surface area contributed by atoms with Crippen molar-refractivity contribution in [2.24, 2.45) is 0 Å². The van der Waals surface area contributed by atoms with E-state index in [9.17, 15) is 18.0 Å². The summed E-state index contributed by atoms with van der Waals surface area (Å²) in [4.78, 5) is 10.7. The molecule has 5 heteroatoms. The van der Waals surface area contributed by atoms with Gasteiger partial charge in [0.25, 0.3) is 0 Å². The molecule has 0 N–H and O–H groups in total. The van der Waals surface area contributed by atoms with Crippen molar-refractivity contribution in [3.63, 3.8) is 0 Å². The van der Waals surface area contributed by atoms with Crippen LogP contribution >= 0.6 is 0 Å². The summed E-state index contributed by atoms with van der Waals surface area (Å²) in [7, 11) is 0. The van der Waals surface area contributed by atoms with E-state index in [0.29, 0.717) is 0 Å². The van der Waals surface area contributed by atoms with Crippen LogP contribution in [0.2, 0.25) is 0 Å². The highest BCUT2D eigenvalue weighted by molar-refractivity contribution is 5.87. The lowest BCUT2D eigenvalue weighted by atomic mass is 10.2. The maximum atomic E-state index is 12.0. The van der Waals surface area contributed by atoms with Crippen molar-refractivity contribution in [1.29, 1.82) is 0 Å². The molecule has 0 saturated heterocycles. The van der Waals surface area contributed by atoms with Crippen LogP contribution in [-0.4, -0.2) is 18.2 Å². The Bertz CT molecular complexity index is 208. The summed E-state index contributed by atoms with van der Waals surface area (Å²) in [6.07, 6.45) is -6.82. The Kier molecular flexibility index (Phi) is 3.97. The lowest BCUT2D eigenvalue weighted by molar-refractivity contribution is -0.219. The average Bonchev–Trinajstić information content (AvgIpc) is 1.96. The van der Waals surface area contributed by atoms with Gasteiger partial charge in [0.1, 0.15) is 0 Å². The molecule has 0 saturated carbocycles. The molecule has 0 fully saturated rings. The van der Waals surface area contributed by atoms with Crippen LogP contribution in [0.4, 0.5) is 13.2 Å². The number of rotatable bonds is 3. The van der Waals surface area contributed by atoms with Gasteiger partial charge in [-0.25, -0.2) is 4.79 Å². The van der Waals surface area contributed by atoms with E-state index < -0.39 is 18.2 Å². The van der Waals surface area contributed by atoms with Crippen molar-refractivity contribution in [2.45, 2.75) is 32.5 Å². The molecule has 0 aliphatic carbocycles. The summed E-state index contributed by atoms with van der Waals surface area (Å²) in [6, 6.07) is 0. The molecule has 0 aromatic carbocycles. The smallest absolute Gasteiger partial charge is 0.425 e. The average molecular weight is 196 g/mol. The van der Waals surface area contributed by atoms with Crippen molar-refractivity contribution >= 4 is 5.97 Å². The maximum absolute atomic E-state index is 12.0. The van der Waals surface area contributed by atoms with Gasteiger partial charge in [-0.2, -0.15) is 13.2 Å². The van der Waals surface area contributed by atoms with Crippen LogP contribution in [-0.2, 0) is 9.53 Å². The summed E-state index contributed by atoms with van der Waals surface area (Å²) in [5, 5.41) is 0. The topological polar surface area (TPSA) is 26.3 Å². The summed E-state index contributed by atoms with van der Waals surface area (Å²) in [6.45, 7) is 5.78. The van der Waals surface area contributed by atoms with Gasteiger partial charge in [-0.1, -0.05) is 13.5 Å². The van der Waals surface area contributed by atoms with E-state index >= 15 is 0 Å². The molecule has 13 heavy (non-hydrogen) atoms. The molecule has 0 heterocycles. The zero-order chi connectivity index (χ0) is 10.6. The van der Waals surface area contributed by atoms with Crippen molar-refractivity contribution in [3.05, 3.63) is 12.2 Å². The molecule has 2 nitrogen and oxygen atoms in total. The molecule has 0 spiro atoms. The quantitative estimate of drug-likeness (QED) is 0.512. The van der Waals surface area contributed by atoms with Gasteiger partial charge >= 0.3 is 12.1 Å². The first-order valence-corrected chi connectivity index (χ1v) is 3.72. The van der Waals surface area contributed by atoms with Gasteiger partial charge in [0.05, 0.1) is 0 Å². The highest BCUT2D eigenvalue weighted by Gasteiger charge is 2.41. The van der Waals surface area contributed by atoms with Crippen LogP contribution in [0.1, 0.15) is 20.3 Å². The van der Waals surface area contributed by atoms with Gasteiger partial charge in [-0.05, 0) is 13.3 Å².